The molecule has 174 valence electrons. The molecule has 0 spiro atoms. The molecular formula is C20H24Br3InN8O. The molecule has 0 bridgehead atoms. The molecule has 0 aliphatic rings. The summed E-state index contributed by atoms with van der Waals surface area (Å²) < 4.78 is 5.37. The van der Waals surface area contributed by atoms with Gasteiger partial charge >= 0.3 is 25.8 Å². The van der Waals surface area contributed by atoms with Crippen LogP contribution in [0.1, 0.15) is 46.0 Å². The number of anilines is 2. The molecule has 0 saturated heterocycles. The van der Waals surface area contributed by atoms with Crippen LogP contribution in [0.15, 0.2) is 35.8 Å². The van der Waals surface area contributed by atoms with Gasteiger partial charge in [0.15, 0.2) is 0 Å². The third-order valence-corrected chi connectivity index (χ3v) is 4.47. The molecule has 0 radical (unpaired) electrons. The third-order valence-electron chi connectivity index (χ3n) is 4.47. The van der Waals surface area contributed by atoms with Gasteiger partial charge in [-0.3, -0.25) is 0 Å². The van der Waals surface area contributed by atoms with Crippen LogP contribution in [0.25, 0.3) is 21.2 Å². The van der Waals surface area contributed by atoms with Gasteiger partial charge in [0.25, 0.3) is 0 Å². The molecule has 0 aliphatic heterocycles. The average Bonchev–Trinajstić information content (AvgIpc) is 2.66. The van der Waals surface area contributed by atoms with E-state index in [-0.39, 0.29) is 82.2 Å². The van der Waals surface area contributed by atoms with E-state index in [9.17, 15) is 0 Å². The SMILES string of the molecule is COc1ncc(C(C)(C)N=[N+]=[N-])c2cc(Nc3ccnc(C(C)(C)C)n3)ncc12.[Br-].[Br-].[Br-].[In+3]. The van der Waals surface area contributed by atoms with Gasteiger partial charge in [-0.25, -0.2) is 19.9 Å². The van der Waals surface area contributed by atoms with Crippen LogP contribution in [0.2, 0.25) is 0 Å². The first kappa shape index (κ1) is 34.0. The van der Waals surface area contributed by atoms with Crippen molar-refractivity contribution in [1.29, 1.82) is 0 Å². The van der Waals surface area contributed by atoms with Crippen molar-refractivity contribution in [1.82, 2.24) is 19.9 Å². The predicted octanol–water partition coefficient (Wildman–Crippen LogP) is -4.35. The van der Waals surface area contributed by atoms with E-state index >= 15 is 0 Å². The molecule has 0 fully saturated rings. The molecule has 3 aromatic rings. The Balaban J connectivity index is 0. The summed E-state index contributed by atoms with van der Waals surface area (Å²) in [5, 5.41) is 8.71. The Morgan fingerprint density at radius 2 is 1.64 bits per heavy atom. The number of rotatable bonds is 5. The van der Waals surface area contributed by atoms with Crippen LogP contribution in [-0.4, -0.2) is 52.9 Å². The molecule has 3 aromatic heterocycles. The van der Waals surface area contributed by atoms with E-state index in [1.54, 1.807) is 31.8 Å². The molecular weight excluding hydrogens is 723 g/mol. The van der Waals surface area contributed by atoms with E-state index in [4.69, 9.17) is 10.3 Å². The van der Waals surface area contributed by atoms with Gasteiger partial charge in [0, 0.05) is 28.9 Å². The van der Waals surface area contributed by atoms with Crippen molar-refractivity contribution in [2.24, 2.45) is 5.11 Å². The maximum absolute atomic E-state index is 8.95. The van der Waals surface area contributed by atoms with Crippen LogP contribution >= 0.6 is 0 Å². The van der Waals surface area contributed by atoms with E-state index in [1.807, 2.05) is 19.9 Å². The minimum atomic E-state index is -0.792. The molecule has 9 nitrogen and oxygen atoms in total. The summed E-state index contributed by atoms with van der Waals surface area (Å²) in [4.78, 5) is 20.7. The fraction of sp³-hybridized carbons (Fsp3) is 0.400. The van der Waals surface area contributed by atoms with Crippen molar-refractivity contribution in [2.45, 2.75) is 45.6 Å². The number of azide groups is 1. The maximum atomic E-state index is 8.95. The van der Waals surface area contributed by atoms with Gasteiger partial charge in [-0.1, -0.05) is 39.7 Å². The van der Waals surface area contributed by atoms with Crippen molar-refractivity contribution in [2.75, 3.05) is 12.4 Å². The quantitative estimate of drug-likeness (QED) is 0.160. The number of hydrogen-bond donors (Lipinski definition) is 1. The first-order valence-electron chi connectivity index (χ1n) is 9.16. The van der Waals surface area contributed by atoms with Crippen molar-refractivity contribution in [3.63, 3.8) is 0 Å². The van der Waals surface area contributed by atoms with Gasteiger partial charge in [0.05, 0.1) is 18.0 Å². The van der Waals surface area contributed by atoms with Crippen molar-refractivity contribution < 1.29 is 55.7 Å². The van der Waals surface area contributed by atoms with Gasteiger partial charge in [-0.15, -0.1) is 0 Å². The van der Waals surface area contributed by atoms with Gasteiger partial charge < -0.3 is 61.0 Å². The first-order valence-corrected chi connectivity index (χ1v) is 9.16. The first-order chi connectivity index (χ1) is 13.7. The Morgan fingerprint density at radius 1 is 0.970 bits per heavy atom. The smallest absolute Gasteiger partial charge is 1.00 e. The number of hydrogen-bond acceptors (Lipinski definition) is 7. The topological polar surface area (TPSA) is 122 Å². The molecule has 3 heterocycles. The molecule has 0 amide bonds. The molecule has 0 aromatic carbocycles. The van der Waals surface area contributed by atoms with Crippen LogP contribution < -0.4 is 61.0 Å². The number of nitrogens with one attached hydrogen (secondary N) is 1. The van der Waals surface area contributed by atoms with E-state index in [1.165, 1.54) is 0 Å². The van der Waals surface area contributed by atoms with Crippen LogP contribution in [-0.2, 0) is 11.0 Å². The Hall–Kier alpha value is -1.14. The number of halogens is 3. The third kappa shape index (κ3) is 7.95. The number of aromatic nitrogens is 4. The number of pyridine rings is 2. The summed E-state index contributed by atoms with van der Waals surface area (Å²) in [6, 6.07) is 3.67. The molecule has 0 aliphatic carbocycles. The van der Waals surface area contributed by atoms with E-state index < -0.39 is 5.54 Å². The monoisotopic (exact) mass is 744 g/mol. The minimum absolute atomic E-state index is 0. The second-order valence-corrected chi connectivity index (χ2v) is 8.19. The second kappa shape index (κ2) is 13.7. The van der Waals surface area contributed by atoms with E-state index in [0.717, 1.165) is 22.2 Å². The maximum Gasteiger partial charge on any atom is 3.00 e. The normalized spacial score (nSPS) is 10.4. The van der Waals surface area contributed by atoms with Crippen LogP contribution in [0.5, 0.6) is 5.88 Å². The largest absolute Gasteiger partial charge is 3.00 e. The van der Waals surface area contributed by atoms with Crippen LogP contribution in [0.3, 0.4) is 0 Å². The van der Waals surface area contributed by atoms with E-state index in [2.05, 4.69) is 56.0 Å². The van der Waals surface area contributed by atoms with Gasteiger partial charge in [0.2, 0.25) is 5.88 Å². The van der Waals surface area contributed by atoms with Crippen molar-refractivity contribution in [3.8, 4) is 5.88 Å². The van der Waals surface area contributed by atoms with Crippen molar-refractivity contribution in [3.05, 3.63) is 52.6 Å². The zero-order valence-electron chi connectivity index (χ0n) is 19.1. The Bertz CT molecular complexity index is 1120. The Morgan fingerprint density at radius 3 is 2.21 bits per heavy atom. The Labute approximate surface area is 243 Å². The van der Waals surface area contributed by atoms with Gasteiger partial charge in [-0.2, -0.15) is 0 Å². The fourth-order valence-electron chi connectivity index (χ4n) is 2.92. The predicted molar refractivity (Wildman–Crippen MR) is 118 cm³/mol. The second-order valence-electron chi connectivity index (χ2n) is 8.19. The number of fused-ring (bicyclic) bond motifs is 1. The molecule has 0 atom stereocenters. The van der Waals surface area contributed by atoms with Gasteiger partial charge in [-0.05, 0) is 28.6 Å². The molecule has 0 unspecified atom stereocenters. The summed E-state index contributed by atoms with van der Waals surface area (Å²) in [5.74, 6) is 2.44. The van der Waals surface area contributed by atoms with Crippen LogP contribution in [0.4, 0.5) is 11.6 Å². The summed E-state index contributed by atoms with van der Waals surface area (Å²) in [6.07, 6.45) is 5.08. The molecule has 3 rings (SSSR count). The van der Waals surface area contributed by atoms with Crippen LogP contribution in [0, 0.1) is 0 Å². The minimum Gasteiger partial charge on any atom is -1.00 e. The standard InChI is InChI=1S/C20H24N8O.3BrH.In/c1-19(2,3)18-22-8-7-15(26-18)25-16-9-12-13(10-23-16)17(29-6)24-11-14(12)20(4,5)27-28-21;;;;/h7-11H,1-6H3,(H,22,23,25,26);3*1H;/q;;;;+3/p-3. The zero-order chi connectivity index (χ0) is 21.2. The summed E-state index contributed by atoms with van der Waals surface area (Å²) >= 11 is 0. The van der Waals surface area contributed by atoms with E-state index in [0.29, 0.717) is 17.5 Å². The average molecular weight is 747 g/mol. The summed E-state index contributed by atoms with van der Waals surface area (Å²) in [7, 11) is 1.56. The number of ether oxygens (including phenoxy) is 1. The fourth-order valence-corrected chi connectivity index (χ4v) is 2.92. The van der Waals surface area contributed by atoms with Crippen molar-refractivity contribution >= 4 is 48.3 Å². The summed E-state index contributed by atoms with van der Waals surface area (Å²) in [6.45, 7) is 9.85. The number of nitrogens with zero attached hydrogens (tertiary/aromatic N) is 7. The zero-order valence-corrected chi connectivity index (χ0v) is 27.2. The molecule has 33 heavy (non-hydrogen) atoms. The molecule has 0 saturated carbocycles. The Kier molecular flexibility index (Phi) is 14.1. The van der Waals surface area contributed by atoms with Gasteiger partial charge in [0.1, 0.15) is 17.5 Å². The summed E-state index contributed by atoms with van der Waals surface area (Å²) in [5.41, 5.74) is 8.77. The molecule has 13 heteroatoms. The number of methoxy groups -OCH3 is 1. The molecule has 1 N–H and O–H groups in total.